The van der Waals surface area contributed by atoms with Gasteiger partial charge < -0.3 is 4.74 Å². The molecule has 2 heterocycles. The van der Waals surface area contributed by atoms with Crippen LogP contribution in [0.4, 0.5) is 0 Å². The zero-order valence-electron chi connectivity index (χ0n) is 14.0. The zero-order chi connectivity index (χ0) is 16.9. The van der Waals surface area contributed by atoms with Gasteiger partial charge >= 0.3 is 0 Å². The monoisotopic (exact) mass is 323 g/mol. The summed E-state index contributed by atoms with van der Waals surface area (Å²) in [4.78, 5) is 18.9. The Bertz CT molecular complexity index is 875. The van der Waals surface area contributed by atoms with Crippen molar-refractivity contribution in [3.05, 3.63) is 76.3 Å². The van der Waals surface area contributed by atoms with Crippen molar-refractivity contribution in [2.75, 3.05) is 20.2 Å². The third kappa shape index (κ3) is 3.81. The highest BCUT2D eigenvalue weighted by molar-refractivity contribution is 5.46. The average molecular weight is 323 g/mol. The summed E-state index contributed by atoms with van der Waals surface area (Å²) >= 11 is 0. The van der Waals surface area contributed by atoms with Gasteiger partial charge in [-0.15, -0.1) is 0 Å². The van der Waals surface area contributed by atoms with Crippen molar-refractivity contribution in [3.63, 3.8) is 0 Å². The summed E-state index contributed by atoms with van der Waals surface area (Å²) in [5.74, 6) is 0.864. The maximum Gasteiger partial charge on any atom is 0.258 e. The Morgan fingerprint density at radius 3 is 2.75 bits per heavy atom. The van der Waals surface area contributed by atoms with E-state index in [0.29, 0.717) is 18.8 Å². The first-order valence-corrected chi connectivity index (χ1v) is 7.98. The molecule has 0 unspecified atom stereocenters. The lowest BCUT2D eigenvalue weighted by molar-refractivity contribution is 0.231. The molecule has 5 heteroatoms. The van der Waals surface area contributed by atoms with E-state index >= 15 is 0 Å². The first kappa shape index (κ1) is 16.2. The maximum atomic E-state index is 12.2. The summed E-state index contributed by atoms with van der Waals surface area (Å²) in [6.07, 6.45) is 1.75. The number of nitrogens with zero attached hydrogens (tertiary/aromatic N) is 3. The minimum atomic E-state index is -0.0485. The smallest absolute Gasteiger partial charge is 0.258 e. The Labute approximate surface area is 141 Å². The van der Waals surface area contributed by atoms with Crippen molar-refractivity contribution in [3.8, 4) is 5.75 Å². The Hall–Kier alpha value is -2.66. The number of ether oxygens (including phenoxy) is 1. The molecule has 0 radical (unpaired) electrons. The van der Waals surface area contributed by atoms with E-state index in [1.54, 1.807) is 16.7 Å². The molecule has 0 aliphatic heterocycles. The number of aromatic nitrogens is 2. The van der Waals surface area contributed by atoms with E-state index in [0.717, 1.165) is 23.6 Å². The normalized spacial score (nSPS) is 11.1. The average Bonchev–Trinajstić information content (AvgIpc) is 2.57. The third-order valence-corrected chi connectivity index (χ3v) is 3.86. The fraction of sp³-hybridized carbons (Fsp3) is 0.263. The molecule has 0 N–H and O–H groups in total. The van der Waals surface area contributed by atoms with Crippen LogP contribution in [0.5, 0.6) is 5.75 Å². The van der Waals surface area contributed by atoms with E-state index in [-0.39, 0.29) is 5.56 Å². The number of fused-ring (bicyclic) bond motifs is 1. The summed E-state index contributed by atoms with van der Waals surface area (Å²) in [6.45, 7) is 3.91. The molecule has 124 valence electrons. The van der Waals surface area contributed by atoms with Gasteiger partial charge in [0.25, 0.3) is 5.56 Å². The first-order chi connectivity index (χ1) is 11.6. The molecular weight excluding hydrogens is 302 g/mol. The molecular formula is C19H21N3O2. The van der Waals surface area contributed by atoms with Crippen LogP contribution in [-0.2, 0) is 6.54 Å². The lowest BCUT2D eigenvalue weighted by Gasteiger charge is -2.17. The second kappa shape index (κ2) is 7.27. The third-order valence-electron chi connectivity index (χ3n) is 3.86. The Balaban J connectivity index is 1.64. The molecule has 0 aliphatic rings. The Morgan fingerprint density at radius 2 is 1.96 bits per heavy atom. The van der Waals surface area contributed by atoms with Crippen molar-refractivity contribution >= 4 is 5.65 Å². The van der Waals surface area contributed by atoms with Gasteiger partial charge in [-0.1, -0.05) is 24.3 Å². The molecule has 0 bridgehead atoms. The van der Waals surface area contributed by atoms with Gasteiger partial charge in [-0.25, -0.2) is 4.98 Å². The molecule has 3 aromatic rings. The SMILES string of the molecule is Cc1cccn2c(=O)cc(CN(C)CCOc3ccccc3)nc12. The number of rotatable bonds is 6. The topological polar surface area (TPSA) is 46.8 Å². The van der Waals surface area contributed by atoms with Gasteiger partial charge in [0.1, 0.15) is 18.0 Å². The van der Waals surface area contributed by atoms with Crippen LogP contribution >= 0.6 is 0 Å². The van der Waals surface area contributed by atoms with Gasteiger partial charge in [-0.3, -0.25) is 14.1 Å². The van der Waals surface area contributed by atoms with E-state index < -0.39 is 0 Å². The Morgan fingerprint density at radius 1 is 1.17 bits per heavy atom. The fourth-order valence-corrected chi connectivity index (χ4v) is 2.58. The van der Waals surface area contributed by atoms with E-state index in [1.807, 2.05) is 56.4 Å². The summed E-state index contributed by atoms with van der Waals surface area (Å²) in [6, 6.07) is 15.2. The van der Waals surface area contributed by atoms with E-state index in [9.17, 15) is 4.79 Å². The minimum Gasteiger partial charge on any atom is -0.492 e. The van der Waals surface area contributed by atoms with Gasteiger partial charge in [0.15, 0.2) is 0 Å². The predicted octanol–water partition coefficient (Wildman–Crippen LogP) is 2.51. The lowest BCUT2D eigenvalue weighted by atomic mass is 10.3. The molecule has 24 heavy (non-hydrogen) atoms. The van der Waals surface area contributed by atoms with Crippen molar-refractivity contribution in [1.82, 2.24) is 14.3 Å². The first-order valence-electron chi connectivity index (χ1n) is 7.98. The number of likely N-dealkylation sites (N-methyl/N-ethyl adjacent to an activating group) is 1. The van der Waals surface area contributed by atoms with Crippen molar-refractivity contribution < 1.29 is 4.74 Å². The van der Waals surface area contributed by atoms with Crippen molar-refractivity contribution in [1.29, 1.82) is 0 Å². The highest BCUT2D eigenvalue weighted by Crippen LogP contribution is 2.09. The quantitative estimate of drug-likeness (QED) is 0.699. The summed E-state index contributed by atoms with van der Waals surface area (Å²) in [5.41, 5.74) is 2.43. The molecule has 0 amide bonds. The van der Waals surface area contributed by atoms with Gasteiger partial charge in [-0.05, 0) is 37.7 Å². The summed E-state index contributed by atoms with van der Waals surface area (Å²) in [7, 11) is 2.00. The fourth-order valence-electron chi connectivity index (χ4n) is 2.58. The van der Waals surface area contributed by atoms with Gasteiger partial charge in [0.05, 0.1) is 5.69 Å². The molecule has 0 saturated heterocycles. The molecule has 3 rings (SSSR count). The molecule has 2 aromatic heterocycles. The van der Waals surface area contributed by atoms with E-state index in [1.165, 1.54) is 0 Å². The largest absolute Gasteiger partial charge is 0.492 e. The molecule has 0 aliphatic carbocycles. The van der Waals surface area contributed by atoms with E-state index in [4.69, 9.17) is 4.74 Å². The molecule has 0 spiro atoms. The highest BCUT2D eigenvalue weighted by atomic mass is 16.5. The number of pyridine rings is 1. The van der Waals surface area contributed by atoms with Gasteiger partial charge in [0, 0.05) is 25.4 Å². The number of hydrogen-bond donors (Lipinski definition) is 0. The van der Waals surface area contributed by atoms with Crippen molar-refractivity contribution in [2.24, 2.45) is 0 Å². The van der Waals surface area contributed by atoms with Gasteiger partial charge in [-0.2, -0.15) is 0 Å². The van der Waals surface area contributed by atoms with Crippen LogP contribution < -0.4 is 10.3 Å². The molecule has 5 nitrogen and oxygen atoms in total. The van der Waals surface area contributed by atoms with Crippen LogP contribution in [-0.4, -0.2) is 34.5 Å². The van der Waals surface area contributed by atoms with Crippen LogP contribution in [0.2, 0.25) is 0 Å². The molecule has 0 saturated carbocycles. The van der Waals surface area contributed by atoms with Crippen molar-refractivity contribution in [2.45, 2.75) is 13.5 Å². The standard InChI is InChI=1S/C19H21N3O2/c1-15-7-6-10-22-18(23)13-16(20-19(15)22)14-21(2)11-12-24-17-8-4-3-5-9-17/h3-10,13H,11-12,14H2,1-2H3. The predicted molar refractivity (Wildman–Crippen MR) is 94.5 cm³/mol. The van der Waals surface area contributed by atoms with E-state index in [2.05, 4.69) is 9.88 Å². The molecule has 1 aromatic carbocycles. The number of hydrogen-bond acceptors (Lipinski definition) is 4. The lowest BCUT2D eigenvalue weighted by Crippen LogP contribution is -2.26. The van der Waals surface area contributed by atoms with Crippen LogP contribution in [0.3, 0.4) is 0 Å². The summed E-state index contributed by atoms with van der Waals surface area (Å²) < 4.78 is 7.28. The molecule has 0 atom stereocenters. The number of benzene rings is 1. The number of aryl methyl sites for hydroxylation is 1. The van der Waals surface area contributed by atoms with Gasteiger partial charge in [0.2, 0.25) is 0 Å². The van der Waals surface area contributed by atoms with Crippen LogP contribution in [0.1, 0.15) is 11.3 Å². The van der Waals surface area contributed by atoms with Crippen LogP contribution in [0.15, 0.2) is 59.5 Å². The van der Waals surface area contributed by atoms with Crippen LogP contribution in [0, 0.1) is 6.92 Å². The zero-order valence-corrected chi connectivity index (χ0v) is 14.0. The second-order valence-corrected chi connectivity index (χ2v) is 5.87. The highest BCUT2D eigenvalue weighted by Gasteiger charge is 2.07. The second-order valence-electron chi connectivity index (χ2n) is 5.87. The Kier molecular flexibility index (Phi) is 4.91. The van der Waals surface area contributed by atoms with Crippen LogP contribution in [0.25, 0.3) is 5.65 Å². The summed E-state index contributed by atoms with van der Waals surface area (Å²) in [5, 5.41) is 0. The maximum absolute atomic E-state index is 12.2. The molecule has 0 fully saturated rings. The minimum absolute atomic E-state index is 0.0485. The number of para-hydroxylation sites is 1.